The third kappa shape index (κ3) is 4.59. The lowest BCUT2D eigenvalue weighted by molar-refractivity contribution is -0.137. The second-order valence-corrected chi connectivity index (χ2v) is 3.94. The fourth-order valence-corrected chi connectivity index (χ4v) is 1.63. The molecule has 5 heteroatoms. The normalized spacial score (nSPS) is 26.3. The van der Waals surface area contributed by atoms with Crippen LogP contribution in [0.4, 0.5) is 0 Å². The summed E-state index contributed by atoms with van der Waals surface area (Å²) in [5, 5.41) is 3.17. The Morgan fingerprint density at radius 3 is 3.00 bits per heavy atom. The second-order valence-electron chi connectivity index (χ2n) is 3.94. The van der Waals surface area contributed by atoms with Crippen LogP contribution in [0.15, 0.2) is 0 Å². The Labute approximate surface area is 90.5 Å². The number of methoxy groups -OCH3 is 1. The van der Waals surface area contributed by atoms with Gasteiger partial charge in [0.2, 0.25) is 0 Å². The number of nitrogens with one attached hydrogen (secondary N) is 2. The zero-order chi connectivity index (χ0) is 11.1. The van der Waals surface area contributed by atoms with Crippen molar-refractivity contribution in [3.05, 3.63) is 0 Å². The molecule has 0 aromatic rings. The molecule has 1 aliphatic heterocycles. The van der Waals surface area contributed by atoms with E-state index in [0.29, 0.717) is 19.1 Å². The molecule has 0 aromatic carbocycles. The van der Waals surface area contributed by atoms with Crippen LogP contribution >= 0.6 is 0 Å². The summed E-state index contributed by atoms with van der Waals surface area (Å²) in [4.78, 5) is 16.5. The van der Waals surface area contributed by atoms with E-state index in [9.17, 15) is 4.79 Å². The second kappa shape index (κ2) is 6.76. The number of hydroxylamine groups is 1. The van der Waals surface area contributed by atoms with E-state index in [1.165, 1.54) is 0 Å². The molecule has 2 N–H and O–H groups in total. The van der Waals surface area contributed by atoms with E-state index < -0.39 is 0 Å². The first-order valence-electron chi connectivity index (χ1n) is 5.38. The van der Waals surface area contributed by atoms with Crippen molar-refractivity contribution in [2.45, 2.75) is 25.8 Å². The fraction of sp³-hybridized carbons (Fsp3) is 0.900. The first-order chi connectivity index (χ1) is 7.24. The molecular formula is C10H20N2O3. The Morgan fingerprint density at radius 1 is 1.53 bits per heavy atom. The minimum Gasteiger partial charge on any atom is -0.382 e. The van der Waals surface area contributed by atoms with Crippen LogP contribution in [0.5, 0.6) is 0 Å². The molecule has 5 nitrogen and oxygen atoms in total. The molecule has 2 atom stereocenters. The van der Waals surface area contributed by atoms with Crippen LogP contribution in [0, 0.1) is 5.92 Å². The van der Waals surface area contributed by atoms with Gasteiger partial charge in [-0.05, 0) is 25.3 Å². The van der Waals surface area contributed by atoms with E-state index in [0.717, 1.165) is 19.4 Å². The van der Waals surface area contributed by atoms with Crippen LogP contribution < -0.4 is 10.8 Å². The number of carbonyl (C=O) groups excluding carboxylic acids is 1. The highest BCUT2D eigenvalue weighted by atomic mass is 16.7. The van der Waals surface area contributed by atoms with E-state index in [4.69, 9.17) is 9.57 Å². The number of hydrogen-bond donors (Lipinski definition) is 2. The molecule has 1 fully saturated rings. The molecule has 0 radical (unpaired) electrons. The van der Waals surface area contributed by atoms with Gasteiger partial charge in [-0.3, -0.25) is 9.63 Å². The van der Waals surface area contributed by atoms with Crippen molar-refractivity contribution in [1.29, 1.82) is 0 Å². The number of amides is 1. The molecule has 0 bridgehead atoms. The summed E-state index contributed by atoms with van der Waals surface area (Å²) in [5.74, 6) is 0.513. The molecule has 1 rings (SSSR count). The van der Waals surface area contributed by atoms with E-state index in [2.05, 4.69) is 17.7 Å². The Kier molecular flexibility index (Phi) is 5.60. The van der Waals surface area contributed by atoms with Crippen molar-refractivity contribution in [2.24, 2.45) is 5.92 Å². The molecule has 15 heavy (non-hydrogen) atoms. The van der Waals surface area contributed by atoms with Crippen LogP contribution in [0.3, 0.4) is 0 Å². The molecule has 1 amide bonds. The predicted molar refractivity (Wildman–Crippen MR) is 56.2 cm³/mol. The summed E-state index contributed by atoms with van der Waals surface area (Å²) in [7, 11) is 1.59. The monoisotopic (exact) mass is 216 g/mol. The maximum Gasteiger partial charge on any atom is 0.260 e. The summed E-state index contributed by atoms with van der Waals surface area (Å²) in [5.41, 5.74) is 2.43. The molecule has 0 aliphatic carbocycles. The van der Waals surface area contributed by atoms with Gasteiger partial charge in [0.25, 0.3) is 5.91 Å². The van der Waals surface area contributed by atoms with Crippen LogP contribution in [-0.2, 0) is 14.4 Å². The van der Waals surface area contributed by atoms with Crippen LogP contribution in [0.2, 0.25) is 0 Å². The smallest absolute Gasteiger partial charge is 0.260 e. The highest BCUT2D eigenvalue weighted by Gasteiger charge is 2.24. The third-order valence-corrected chi connectivity index (χ3v) is 2.54. The van der Waals surface area contributed by atoms with Gasteiger partial charge in [-0.2, -0.15) is 0 Å². The van der Waals surface area contributed by atoms with Crippen molar-refractivity contribution in [1.82, 2.24) is 10.8 Å². The Hall–Kier alpha value is -0.650. The largest absolute Gasteiger partial charge is 0.382 e. The zero-order valence-electron chi connectivity index (χ0n) is 9.41. The van der Waals surface area contributed by atoms with Gasteiger partial charge in [0.05, 0.1) is 19.3 Å². The molecule has 0 saturated carbocycles. The fourth-order valence-electron chi connectivity index (χ4n) is 1.63. The zero-order valence-corrected chi connectivity index (χ0v) is 9.41. The van der Waals surface area contributed by atoms with Crippen molar-refractivity contribution in [3.63, 3.8) is 0 Å². The minimum atomic E-state index is -0.115. The van der Waals surface area contributed by atoms with Crippen LogP contribution in [0.1, 0.15) is 19.8 Å². The van der Waals surface area contributed by atoms with Gasteiger partial charge < -0.3 is 10.1 Å². The van der Waals surface area contributed by atoms with Crippen molar-refractivity contribution >= 4 is 5.91 Å². The van der Waals surface area contributed by atoms with Crippen molar-refractivity contribution in [2.75, 3.05) is 26.9 Å². The predicted octanol–water partition coefficient (Wildman–Crippen LogP) is 0.0687. The van der Waals surface area contributed by atoms with Crippen LogP contribution in [0.25, 0.3) is 0 Å². The first kappa shape index (κ1) is 12.4. The van der Waals surface area contributed by atoms with Crippen molar-refractivity contribution < 1.29 is 14.4 Å². The van der Waals surface area contributed by atoms with E-state index >= 15 is 0 Å². The summed E-state index contributed by atoms with van der Waals surface area (Å²) < 4.78 is 4.79. The maximum atomic E-state index is 11.6. The SMILES string of the molecule is COCCONC(=O)C1CC(C)CCN1. The average Bonchev–Trinajstić information content (AvgIpc) is 2.24. The average molecular weight is 216 g/mol. The molecular weight excluding hydrogens is 196 g/mol. The minimum absolute atomic E-state index is 0.0855. The number of carbonyl (C=O) groups is 1. The standard InChI is InChI=1S/C10H20N2O3/c1-8-3-4-11-9(7-8)10(13)12-15-6-5-14-2/h8-9,11H,3-7H2,1-2H3,(H,12,13). The number of rotatable bonds is 5. The molecule has 1 saturated heterocycles. The van der Waals surface area contributed by atoms with Crippen LogP contribution in [-0.4, -0.2) is 38.8 Å². The van der Waals surface area contributed by atoms with Gasteiger partial charge in [0.15, 0.2) is 0 Å². The van der Waals surface area contributed by atoms with E-state index in [-0.39, 0.29) is 11.9 Å². The first-order valence-corrected chi connectivity index (χ1v) is 5.38. The maximum absolute atomic E-state index is 11.6. The summed E-state index contributed by atoms with van der Waals surface area (Å²) in [6.07, 6.45) is 2.01. The Morgan fingerprint density at radius 2 is 2.33 bits per heavy atom. The van der Waals surface area contributed by atoms with Gasteiger partial charge in [-0.25, -0.2) is 5.48 Å². The van der Waals surface area contributed by atoms with Gasteiger partial charge in [-0.1, -0.05) is 6.92 Å². The quantitative estimate of drug-likeness (QED) is 0.504. The lowest BCUT2D eigenvalue weighted by atomic mass is 9.94. The van der Waals surface area contributed by atoms with Gasteiger partial charge >= 0.3 is 0 Å². The van der Waals surface area contributed by atoms with Gasteiger partial charge in [0.1, 0.15) is 0 Å². The van der Waals surface area contributed by atoms with Gasteiger partial charge in [0, 0.05) is 7.11 Å². The lowest BCUT2D eigenvalue weighted by Gasteiger charge is -2.26. The van der Waals surface area contributed by atoms with Gasteiger partial charge in [-0.15, -0.1) is 0 Å². The molecule has 2 unspecified atom stereocenters. The Bertz CT molecular complexity index is 199. The molecule has 0 spiro atoms. The number of piperidine rings is 1. The highest BCUT2D eigenvalue weighted by molar-refractivity contribution is 5.80. The Balaban J connectivity index is 2.15. The summed E-state index contributed by atoms with van der Waals surface area (Å²) in [6, 6.07) is -0.115. The molecule has 1 aliphatic rings. The number of hydrogen-bond acceptors (Lipinski definition) is 4. The topological polar surface area (TPSA) is 59.6 Å². The number of ether oxygens (including phenoxy) is 1. The summed E-state index contributed by atoms with van der Waals surface area (Å²) in [6.45, 7) is 3.92. The van der Waals surface area contributed by atoms with E-state index in [1.807, 2.05) is 0 Å². The van der Waals surface area contributed by atoms with Crippen molar-refractivity contribution in [3.8, 4) is 0 Å². The molecule has 88 valence electrons. The lowest BCUT2D eigenvalue weighted by Crippen LogP contribution is -2.48. The molecule has 0 aromatic heterocycles. The third-order valence-electron chi connectivity index (χ3n) is 2.54. The van der Waals surface area contributed by atoms with E-state index in [1.54, 1.807) is 7.11 Å². The highest BCUT2D eigenvalue weighted by Crippen LogP contribution is 2.14. The molecule has 1 heterocycles. The summed E-state index contributed by atoms with van der Waals surface area (Å²) >= 11 is 0.